The molecule has 1 heteroatoms. The van der Waals surface area contributed by atoms with Crippen LogP contribution in [0.2, 0.25) is 0 Å². The van der Waals surface area contributed by atoms with Crippen LogP contribution in [0.4, 0.5) is 0 Å². The molecule has 0 aromatic carbocycles. The van der Waals surface area contributed by atoms with Crippen LogP contribution in [0.5, 0.6) is 0 Å². The maximum atomic E-state index is 4.08. The molecule has 130 valence electrons. The lowest BCUT2D eigenvalue weighted by atomic mass is 9.49. The third-order valence-corrected chi connectivity index (χ3v) is 10.2. The van der Waals surface area contributed by atoms with Gasteiger partial charge in [-0.3, -0.25) is 0 Å². The summed E-state index contributed by atoms with van der Waals surface area (Å²) in [6.45, 7) is 0. The second-order valence-electron chi connectivity index (χ2n) is 11.1. The molecule has 0 N–H and O–H groups in total. The highest BCUT2D eigenvalue weighted by Gasteiger charge is 2.53. The van der Waals surface area contributed by atoms with Gasteiger partial charge in [-0.1, -0.05) is 0 Å². The Morgan fingerprint density at radius 3 is 1.46 bits per heavy atom. The van der Waals surface area contributed by atoms with Crippen molar-refractivity contribution in [2.75, 3.05) is 0 Å². The summed E-state index contributed by atoms with van der Waals surface area (Å²) in [6, 6.07) is 0. The van der Waals surface area contributed by atoms with Crippen LogP contribution >= 0.6 is 15.9 Å². The van der Waals surface area contributed by atoms with Gasteiger partial charge < -0.3 is 0 Å². The van der Waals surface area contributed by atoms with Crippen LogP contribution in [-0.2, 0) is 0 Å². The Morgan fingerprint density at radius 1 is 0.667 bits per heavy atom. The molecule has 0 amide bonds. The van der Waals surface area contributed by atoms with E-state index in [2.05, 4.69) is 27.7 Å². The smallest absolute Gasteiger partial charge is 0.0427 e. The van der Waals surface area contributed by atoms with Crippen molar-refractivity contribution >= 4 is 15.9 Å². The molecule has 8 bridgehead atoms. The van der Waals surface area contributed by atoms with Crippen LogP contribution in [-0.4, -0.2) is 0 Å². The Bertz CT molecular complexity index is 549. The molecule has 0 radical (unpaired) electrons. The zero-order valence-electron chi connectivity index (χ0n) is 14.9. The van der Waals surface area contributed by atoms with Crippen molar-refractivity contribution in [3.05, 3.63) is 16.3 Å². The van der Waals surface area contributed by atoms with Gasteiger partial charge in [-0.05, 0) is 140 Å². The maximum absolute atomic E-state index is 4.08. The van der Waals surface area contributed by atoms with Crippen LogP contribution in [0.15, 0.2) is 16.3 Å². The van der Waals surface area contributed by atoms with E-state index in [0.717, 1.165) is 35.5 Å². The van der Waals surface area contributed by atoms with E-state index >= 15 is 0 Å². The highest BCUT2D eigenvalue weighted by Crippen LogP contribution is 2.64. The molecule has 0 atom stereocenters. The molecule has 8 aliphatic carbocycles. The Balaban J connectivity index is 1.32. The second-order valence-corrected chi connectivity index (χ2v) is 11.9. The lowest BCUT2D eigenvalue weighted by Crippen LogP contribution is -2.46. The Labute approximate surface area is 155 Å². The average molecular weight is 387 g/mol. The third-order valence-electron chi connectivity index (χ3n) is 9.09. The van der Waals surface area contributed by atoms with Crippen LogP contribution in [0.1, 0.15) is 77.0 Å². The topological polar surface area (TPSA) is 0 Å². The Morgan fingerprint density at radius 2 is 1.04 bits per heavy atom. The first-order chi connectivity index (χ1) is 11.6. The minimum Gasteiger partial charge on any atom is -0.113 e. The quantitative estimate of drug-likeness (QED) is 0.455. The second kappa shape index (κ2) is 5.04. The number of rotatable bonds is 2. The van der Waals surface area contributed by atoms with E-state index in [9.17, 15) is 0 Å². The molecule has 8 fully saturated rings. The van der Waals surface area contributed by atoms with E-state index in [-0.39, 0.29) is 0 Å². The zero-order valence-corrected chi connectivity index (χ0v) is 16.5. The van der Waals surface area contributed by atoms with Gasteiger partial charge in [-0.15, -0.1) is 5.73 Å². The first-order valence-electron chi connectivity index (χ1n) is 10.7. The van der Waals surface area contributed by atoms with E-state index in [1.807, 2.05) is 0 Å². The lowest BCUT2D eigenvalue weighted by Gasteiger charge is -2.57. The number of hydrogen-bond acceptors (Lipinski definition) is 0. The summed E-state index contributed by atoms with van der Waals surface area (Å²) >= 11 is 4.08. The first kappa shape index (κ1) is 15.1. The van der Waals surface area contributed by atoms with Gasteiger partial charge in [-0.25, -0.2) is 0 Å². The molecule has 0 saturated heterocycles. The summed E-state index contributed by atoms with van der Waals surface area (Å²) in [7, 11) is 0. The van der Waals surface area contributed by atoms with Gasteiger partial charge in [0.2, 0.25) is 0 Å². The normalized spacial score (nSPS) is 56.4. The van der Waals surface area contributed by atoms with E-state index in [1.165, 1.54) is 62.3 Å². The van der Waals surface area contributed by atoms with Gasteiger partial charge in [0, 0.05) is 9.90 Å². The molecule has 24 heavy (non-hydrogen) atoms. The van der Waals surface area contributed by atoms with Gasteiger partial charge in [0.25, 0.3) is 0 Å². The Kier molecular flexibility index (Phi) is 3.17. The van der Waals surface area contributed by atoms with Crippen molar-refractivity contribution in [1.82, 2.24) is 0 Å². The monoisotopic (exact) mass is 386 g/mol. The average Bonchev–Trinajstić information content (AvgIpc) is 2.50. The van der Waals surface area contributed by atoms with Crippen molar-refractivity contribution in [3.63, 3.8) is 0 Å². The summed E-state index contributed by atoms with van der Waals surface area (Å²) in [4.78, 5) is 0. The molecule has 0 spiro atoms. The fraction of sp³-hybridized carbons (Fsp3) is 0.870. The van der Waals surface area contributed by atoms with Gasteiger partial charge in [-0.2, -0.15) is 0 Å². The predicted octanol–water partition coefficient (Wildman–Crippen LogP) is 6.85. The summed E-state index contributed by atoms with van der Waals surface area (Å²) < 4.78 is 1.48. The minimum atomic E-state index is 0.494. The summed E-state index contributed by atoms with van der Waals surface area (Å²) in [6.07, 6.45) is 20.7. The zero-order chi connectivity index (χ0) is 15.9. The van der Waals surface area contributed by atoms with Gasteiger partial charge >= 0.3 is 0 Å². The molecule has 0 heterocycles. The van der Waals surface area contributed by atoms with Gasteiger partial charge in [0.05, 0.1) is 0 Å². The fourth-order valence-corrected chi connectivity index (χ4v) is 9.70. The number of hydrogen-bond donors (Lipinski definition) is 0. The van der Waals surface area contributed by atoms with E-state index in [1.54, 1.807) is 19.3 Å². The maximum Gasteiger partial charge on any atom is 0.0427 e. The highest BCUT2D eigenvalue weighted by atomic mass is 79.9. The van der Waals surface area contributed by atoms with Gasteiger partial charge in [0.1, 0.15) is 0 Å². The predicted molar refractivity (Wildman–Crippen MR) is 102 cm³/mol. The van der Waals surface area contributed by atoms with Crippen LogP contribution in [0.25, 0.3) is 0 Å². The lowest BCUT2D eigenvalue weighted by molar-refractivity contribution is -0.0266. The molecular weight excluding hydrogens is 356 g/mol. The van der Waals surface area contributed by atoms with Crippen molar-refractivity contribution in [1.29, 1.82) is 0 Å². The van der Waals surface area contributed by atoms with Crippen LogP contribution < -0.4 is 0 Å². The van der Waals surface area contributed by atoms with Crippen LogP contribution in [0, 0.1) is 46.3 Å². The van der Waals surface area contributed by atoms with Crippen molar-refractivity contribution in [2.45, 2.75) is 77.0 Å². The molecule has 0 aliphatic heterocycles. The number of halogens is 1. The SMILES string of the molecule is BrC(=C=CC12CC3CC(CC(C3)C1)C2)C12CC3CC(CC(C3)C1)C2. The molecular formula is C23H31Br. The summed E-state index contributed by atoms with van der Waals surface area (Å²) in [5.74, 6) is 6.24. The first-order valence-corrected chi connectivity index (χ1v) is 11.5. The molecule has 0 aromatic heterocycles. The van der Waals surface area contributed by atoms with E-state index in [0.29, 0.717) is 10.8 Å². The molecule has 8 rings (SSSR count). The minimum absolute atomic E-state index is 0.494. The van der Waals surface area contributed by atoms with Crippen molar-refractivity contribution in [3.8, 4) is 0 Å². The molecule has 8 saturated carbocycles. The van der Waals surface area contributed by atoms with E-state index in [4.69, 9.17) is 0 Å². The van der Waals surface area contributed by atoms with Crippen LogP contribution in [0.3, 0.4) is 0 Å². The molecule has 0 unspecified atom stereocenters. The summed E-state index contributed by atoms with van der Waals surface area (Å²) in [5.41, 5.74) is 4.94. The highest BCUT2D eigenvalue weighted by molar-refractivity contribution is 9.11. The molecule has 0 nitrogen and oxygen atoms in total. The fourth-order valence-electron chi connectivity index (χ4n) is 9.10. The van der Waals surface area contributed by atoms with Gasteiger partial charge in [0.15, 0.2) is 0 Å². The molecule has 8 aliphatic rings. The van der Waals surface area contributed by atoms with E-state index < -0.39 is 0 Å². The van der Waals surface area contributed by atoms with Crippen molar-refractivity contribution in [2.24, 2.45) is 46.3 Å². The third kappa shape index (κ3) is 2.23. The molecule has 0 aromatic rings. The number of allylic oxidation sites excluding steroid dienone is 1. The Hall–Kier alpha value is -0.0000000000000000278. The largest absolute Gasteiger partial charge is 0.113 e. The standard InChI is InChI=1S/C23H31Br/c24-21(23-12-18-6-19(13-23)8-20(7-18)14-23)1-2-22-9-15-3-16(10-22)5-17(4-15)11-22/h2,15-20H,3-14H2. The van der Waals surface area contributed by atoms with Crippen molar-refractivity contribution < 1.29 is 0 Å². The summed E-state index contributed by atoms with van der Waals surface area (Å²) in [5, 5.41) is 0.